The molecule has 0 bridgehead atoms. The van der Waals surface area contributed by atoms with E-state index in [0.29, 0.717) is 6.54 Å². The molecule has 1 aromatic rings. The predicted octanol–water partition coefficient (Wildman–Crippen LogP) is 3.33. The summed E-state index contributed by atoms with van der Waals surface area (Å²) in [6.07, 6.45) is 4.72. The van der Waals surface area contributed by atoms with E-state index >= 15 is 0 Å². The summed E-state index contributed by atoms with van der Waals surface area (Å²) >= 11 is 0. The first-order chi connectivity index (χ1) is 11.0. The number of amides is 1. The largest absolute Gasteiger partial charge is 0.491 e. The maximum absolute atomic E-state index is 11.8. The number of halogens is 1. The topological polar surface area (TPSA) is 50.4 Å². The number of aryl methyl sites for hydroxylation is 1. The van der Waals surface area contributed by atoms with Crippen LogP contribution in [0.4, 0.5) is 0 Å². The molecule has 1 aromatic carbocycles. The molecule has 0 heterocycles. The third kappa shape index (κ3) is 8.55. The van der Waals surface area contributed by atoms with Crippen molar-refractivity contribution in [3.05, 3.63) is 29.8 Å². The Balaban J connectivity index is 0.00000288. The lowest BCUT2D eigenvalue weighted by molar-refractivity contribution is -0.120. The van der Waals surface area contributed by atoms with Gasteiger partial charge >= 0.3 is 0 Å². The quantitative estimate of drug-likeness (QED) is 0.677. The Morgan fingerprint density at radius 3 is 2.46 bits per heavy atom. The molecule has 1 aliphatic carbocycles. The van der Waals surface area contributed by atoms with Crippen LogP contribution in [-0.2, 0) is 11.2 Å². The summed E-state index contributed by atoms with van der Waals surface area (Å²) in [7, 11) is 0. The summed E-state index contributed by atoms with van der Waals surface area (Å²) in [5.74, 6) is 1.81. The lowest BCUT2D eigenvalue weighted by Gasteiger charge is -2.15. The van der Waals surface area contributed by atoms with E-state index in [9.17, 15) is 4.79 Å². The molecule has 1 atom stereocenters. The molecule has 1 fully saturated rings. The average Bonchev–Trinajstić information content (AvgIpc) is 3.30. The highest BCUT2D eigenvalue weighted by Crippen LogP contribution is 2.27. The summed E-state index contributed by atoms with van der Waals surface area (Å²) in [6, 6.07) is 8.42. The zero-order valence-electron chi connectivity index (χ0n) is 15.0. The van der Waals surface area contributed by atoms with E-state index < -0.39 is 0 Å². The van der Waals surface area contributed by atoms with Crippen LogP contribution in [0, 0.1) is 5.92 Å². The van der Waals surface area contributed by atoms with Gasteiger partial charge in [0, 0.05) is 6.04 Å². The van der Waals surface area contributed by atoms with E-state index in [1.807, 2.05) is 26.0 Å². The van der Waals surface area contributed by atoms with E-state index in [1.54, 1.807) is 0 Å². The maximum Gasteiger partial charge on any atom is 0.234 e. The number of carbonyl (C=O) groups is 1. The molecule has 1 aliphatic rings. The van der Waals surface area contributed by atoms with E-state index in [2.05, 4.69) is 29.7 Å². The summed E-state index contributed by atoms with van der Waals surface area (Å²) in [4.78, 5) is 11.8. The molecular formula is C19H31ClN2O2. The minimum absolute atomic E-state index is 0. The first-order valence-electron chi connectivity index (χ1n) is 8.78. The van der Waals surface area contributed by atoms with Crippen molar-refractivity contribution < 1.29 is 9.53 Å². The number of ether oxygens (including phenoxy) is 1. The fourth-order valence-electron chi connectivity index (χ4n) is 2.50. The van der Waals surface area contributed by atoms with Crippen molar-refractivity contribution in [2.24, 2.45) is 5.92 Å². The summed E-state index contributed by atoms with van der Waals surface area (Å²) < 4.78 is 5.64. The molecule has 0 aromatic heterocycles. The van der Waals surface area contributed by atoms with Gasteiger partial charge in [-0.3, -0.25) is 4.79 Å². The van der Waals surface area contributed by atoms with E-state index in [4.69, 9.17) is 4.74 Å². The van der Waals surface area contributed by atoms with Crippen molar-refractivity contribution in [3.63, 3.8) is 0 Å². The Morgan fingerprint density at radius 2 is 1.88 bits per heavy atom. The van der Waals surface area contributed by atoms with Gasteiger partial charge in [-0.1, -0.05) is 12.1 Å². The number of rotatable bonds is 10. The Labute approximate surface area is 152 Å². The van der Waals surface area contributed by atoms with Gasteiger partial charge in [-0.25, -0.2) is 0 Å². The second kappa shape index (κ2) is 10.6. The lowest BCUT2D eigenvalue weighted by Crippen LogP contribution is -2.39. The minimum Gasteiger partial charge on any atom is -0.491 e. The number of nitrogens with one attached hydrogen (secondary N) is 2. The van der Waals surface area contributed by atoms with Crippen molar-refractivity contribution in [1.29, 1.82) is 0 Å². The second-order valence-corrected chi connectivity index (χ2v) is 6.89. The molecule has 0 aliphatic heterocycles. The van der Waals surface area contributed by atoms with Crippen LogP contribution in [0.3, 0.4) is 0 Å². The Hall–Kier alpha value is -1.26. The van der Waals surface area contributed by atoms with Crippen LogP contribution >= 0.6 is 12.4 Å². The molecule has 0 radical (unpaired) electrons. The van der Waals surface area contributed by atoms with Gasteiger partial charge in [0.1, 0.15) is 5.75 Å². The third-order valence-corrected chi connectivity index (χ3v) is 3.98. The molecular weight excluding hydrogens is 324 g/mol. The molecule has 2 N–H and O–H groups in total. The van der Waals surface area contributed by atoms with Crippen LogP contribution in [0.2, 0.25) is 0 Å². The van der Waals surface area contributed by atoms with Gasteiger partial charge in [-0.05, 0) is 76.6 Å². The third-order valence-electron chi connectivity index (χ3n) is 3.98. The molecule has 4 nitrogen and oxygen atoms in total. The first-order valence-corrected chi connectivity index (χ1v) is 8.78. The first kappa shape index (κ1) is 20.8. The van der Waals surface area contributed by atoms with Gasteiger partial charge in [-0.2, -0.15) is 0 Å². The fraction of sp³-hybridized carbons (Fsp3) is 0.632. The Bertz CT molecular complexity index is 487. The van der Waals surface area contributed by atoms with Crippen LogP contribution in [0.1, 0.15) is 45.6 Å². The fourth-order valence-corrected chi connectivity index (χ4v) is 2.50. The predicted molar refractivity (Wildman–Crippen MR) is 101 cm³/mol. The van der Waals surface area contributed by atoms with Crippen molar-refractivity contribution in [2.75, 3.05) is 13.1 Å². The SMILES string of the molecule is CC(CCc1ccc(OC(C)C)cc1)NC(=O)CNCC1CC1.Cl. The molecule has 1 amide bonds. The maximum atomic E-state index is 11.8. The van der Waals surface area contributed by atoms with Gasteiger partial charge in [0.05, 0.1) is 12.6 Å². The molecule has 24 heavy (non-hydrogen) atoms. The zero-order chi connectivity index (χ0) is 16.7. The van der Waals surface area contributed by atoms with Gasteiger partial charge in [0.15, 0.2) is 0 Å². The Kier molecular flexibility index (Phi) is 9.16. The highest BCUT2D eigenvalue weighted by molar-refractivity contribution is 5.85. The molecule has 0 saturated heterocycles. The van der Waals surface area contributed by atoms with Crippen LogP contribution < -0.4 is 15.4 Å². The molecule has 1 saturated carbocycles. The van der Waals surface area contributed by atoms with E-state index in [1.165, 1.54) is 18.4 Å². The van der Waals surface area contributed by atoms with Gasteiger partial charge in [0.2, 0.25) is 5.91 Å². The van der Waals surface area contributed by atoms with E-state index in [-0.39, 0.29) is 30.5 Å². The molecule has 5 heteroatoms. The summed E-state index contributed by atoms with van der Waals surface area (Å²) in [5, 5.41) is 6.28. The van der Waals surface area contributed by atoms with Crippen molar-refractivity contribution in [3.8, 4) is 5.75 Å². The molecule has 2 rings (SSSR count). The van der Waals surface area contributed by atoms with Crippen molar-refractivity contribution in [2.45, 2.75) is 58.6 Å². The van der Waals surface area contributed by atoms with Gasteiger partial charge < -0.3 is 15.4 Å². The van der Waals surface area contributed by atoms with Gasteiger partial charge in [0.25, 0.3) is 0 Å². The molecule has 136 valence electrons. The van der Waals surface area contributed by atoms with Crippen molar-refractivity contribution in [1.82, 2.24) is 10.6 Å². The number of hydrogen-bond donors (Lipinski definition) is 2. The van der Waals surface area contributed by atoms with Gasteiger partial charge in [-0.15, -0.1) is 12.4 Å². The smallest absolute Gasteiger partial charge is 0.234 e. The molecule has 0 spiro atoms. The number of hydrogen-bond acceptors (Lipinski definition) is 3. The van der Waals surface area contributed by atoms with E-state index in [0.717, 1.165) is 31.1 Å². The lowest BCUT2D eigenvalue weighted by atomic mass is 10.1. The normalized spacial score (nSPS) is 14.8. The van der Waals surface area contributed by atoms with Crippen LogP contribution in [0.15, 0.2) is 24.3 Å². The average molecular weight is 355 g/mol. The van der Waals surface area contributed by atoms with Crippen LogP contribution in [0.25, 0.3) is 0 Å². The monoisotopic (exact) mass is 354 g/mol. The number of carbonyl (C=O) groups excluding carboxylic acids is 1. The second-order valence-electron chi connectivity index (χ2n) is 6.89. The summed E-state index contributed by atoms with van der Waals surface area (Å²) in [5.41, 5.74) is 1.27. The zero-order valence-corrected chi connectivity index (χ0v) is 15.8. The minimum atomic E-state index is 0. The highest BCUT2D eigenvalue weighted by atomic mass is 35.5. The standard InChI is InChI=1S/C19H30N2O2.ClH/c1-14(2)23-18-10-8-16(9-11-18)5-4-15(3)21-19(22)13-20-12-17-6-7-17;/h8-11,14-15,17,20H,4-7,12-13H2,1-3H3,(H,21,22);1H. The van der Waals surface area contributed by atoms with Crippen LogP contribution in [-0.4, -0.2) is 31.1 Å². The van der Waals surface area contributed by atoms with Crippen molar-refractivity contribution >= 4 is 18.3 Å². The molecule has 1 unspecified atom stereocenters. The number of benzene rings is 1. The summed E-state index contributed by atoms with van der Waals surface area (Å²) in [6.45, 7) is 7.53. The Morgan fingerprint density at radius 1 is 1.21 bits per heavy atom. The van der Waals surface area contributed by atoms with Crippen LogP contribution in [0.5, 0.6) is 5.75 Å². The highest BCUT2D eigenvalue weighted by Gasteiger charge is 2.20.